The van der Waals surface area contributed by atoms with Gasteiger partial charge >= 0.3 is 5.97 Å². The molecule has 5 nitrogen and oxygen atoms in total. The zero-order valence-electron chi connectivity index (χ0n) is 14.6. The van der Waals surface area contributed by atoms with Crippen LogP contribution in [0.25, 0.3) is 0 Å². The summed E-state index contributed by atoms with van der Waals surface area (Å²) in [5.41, 5.74) is 3.17. The predicted octanol–water partition coefficient (Wildman–Crippen LogP) is 3.30. The van der Waals surface area contributed by atoms with E-state index in [1.165, 1.54) is 17.7 Å². The molecule has 0 heterocycles. The summed E-state index contributed by atoms with van der Waals surface area (Å²) in [6.07, 6.45) is 2.01. The highest BCUT2D eigenvalue weighted by Gasteiger charge is 2.25. The van der Waals surface area contributed by atoms with Gasteiger partial charge in [0.15, 0.2) is 6.10 Å². The molecule has 5 heteroatoms. The lowest BCUT2D eigenvalue weighted by atomic mass is 9.87. The normalized spacial score (nSPS) is 16.7. The Hall–Kier alpha value is -3.13. The lowest BCUT2D eigenvalue weighted by Crippen LogP contribution is -2.39. The van der Waals surface area contributed by atoms with Crippen LogP contribution in [0.3, 0.4) is 0 Å². The molecule has 26 heavy (non-hydrogen) atoms. The maximum atomic E-state index is 12.5. The molecule has 2 unspecified atom stereocenters. The van der Waals surface area contributed by atoms with E-state index in [2.05, 4.69) is 11.4 Å². The van der Waals surface area contributed by atoms with Crippen LogP contribution in [0.1, 0.15) is 52.9 Å². The molecule has 0 saturated carbocycles. The topological polar surface area (TPSA) is 79.2 Å². The number of carbonyl (C=O) groups is 2. The quantitative estimate of drug-likeness (QED) is 0.860. The second-order valence-electron chi connectivity index (χ2n) is 6.39. The minimum atomic E-state index is -0.896. The van der Waals surface area contributed by atoms with Gasteiger partial charge in [-0.3, -0.25) is 4.79 Å². The number of nitrogens with one attached hydrogen (secondary N) is 1. The van der Waals surface area contributed by atoms with Crippen LogP contribution in [0.5, 0.6) is 0 Å². The minimum Gasteiger partial charge on any atom is -0.449 e. The highest BCUT2D eigenvalue weighted by atomic mass is 16.5. The molecule has 2 aromatic carbocycles. The molecule has 2 atom stereocenters. The number of amides is 1. The lowest BCUT2D eigenvalue weighted by Gasteiger charge is -2.27. The van der Waals surface area contributed by atoms with Crippen LogP contribution in [0.15, 0.2) is 48.5 Å². The number of carbonyl (C=O) groups excluding carboxylic acids is 2. The van der Waals surface area contributed by atoms with Crippen LogP contribution >= 0.6 is 0 Å². The molecule has 2 aromatic rings. The number of fused-ring (bicyclic) bond motifs is 1. The average Bonchev–Trinajstić information content (AvgIpc) is 2.68. The standard InChI is InChI=1S/C21H20N2O3/c1-14(26-21(25)17-11-9-15(13-22)10-12-17)20(24)23-19-8-4-6-16-5-2-3-7-18(16)19/h2-3,5,7,9-12,14,19H,4,6,8H2,1H3,(H,23,24). The van der Waals surface area contributed by atoms with E-state index in [1.54, 1.807) is 19.1 Å². The van der Waals surface area contributed by atoms with Gasteiger partial charge in [0.1, 0.15) is 0 Å². The summed E-state index contributed by atoms with van der Waals surface area (Å²) in [5, 5.41) is 11.8. The summed E-state index contributed by atoms with van der Waals surface area (Å²) >= 11 is 0. The molecule has 1 amide bonds. The molecular formula is C21H20N2O3. The van der Waals surface area contributed by atoms with Gasteiger partial charge in [-0.1, -0.05) is 24.3 Å². The summed E-state index contributed by atoms with van der Waals surface area (Å²) in [7, 11) is 0. The molecule has 1 aliphatic carbocycles. The van der Waals surface area contributed by atoms with Crippen LogP contribution < -0.4 is 5.32 Å². The number of esters is 1. The third kappa shape index (κ3) is 3.92. The number of hydrogen-bond acceptors (Lipinski definition) is 4. The Labute approximate surface area is 152 Å². The maximum Gasteiger partial charge on any atom is 0.338 e. The van der Waals surface area contributed by atoms with E-state index in [9.17, 15) is 9.59 Å². The Morgan fingerprint density at radius 2 is 1.92 bits per heavy atom. The van der Waals surface area contributed by atoms with Crippen LogP contribution in [-0.2, 0) is 16.0 Å². The van der Waals surface area contributed by atoms with Gasteiger partial charge < -0.3 is 10.1 Å². The largest absolute Gasteiger partial charge is 0.449 e. The fraction of sp³-hybridized carbons (Fsp3) is 0.286. The van der Waals surface area contributed by atoms with E-state index in [1.807, 2.05) is 24.3 Å². The Morgan fingerprint density at radius 3 is 2.65 bits per heavy atom. The molecule has 0 fully saturated rings. The van der Waals surface area contributed by atoms with Crippen LogP contribution in [0.4, 0.5) is 0 Å². The first-order chi connectivity index (χ1) is 12.6. The van der Waals surface area contributed by atoms with Crippen molar-refractivity contribution in [1.29, 1.82) is 5.26 Å². The van der Waals surface area contributed by atoms with Crippen molar-refractivity contribution < 1.29 is 14.3 Å². The van der Waals surface area contributed by atoms with Gasteiger partial charge in [0, 0.05) is 0 Å². The van der Waals surface area contributed by atoms with E-state index in [-0.39, 0.29) is 11.9 Å². The zero-order chi connectivity index (χ0) is 18.5. The van der Waals surface area contributed by atoms with Crippen molar-refractivity contribution in [2.24, 2.45) is 0 Å². The van der Waals surface area contributed by atoms with Crippen LogP contribution in [-0.4, -0.2) is 18.0 Å². The van der Waals surface area contributed by atoms with Crippen molar-refractivity contribution >= 4 is 11.9 Å². The Balaban J connectivity index is 1.61. The summed E-state index contributed by atoms with van der Waals surface area (Å²) in [5.74, 6) is -0.894. The molecule has 132 valence electrons. The van der Waals surface area contributed by atoms with Gasteiger partial charge in [0.05, 0.1) is 23.2 Å². The number of hydrogen-bond donors (Lipinski definition) is 1. The second kappa shape index (κ2) is 7.83. The first-order valence-electron chi connectivity index (χ1n) is 8.68. The minimum absolute atomic E-state index is 0.0523. The second-order valence-corrected chi connectivity index (χ2v) is 6.39. The molecule has 1 aliphatic rings. The molecule has 1 N–H and O–H groups in total. The van der Waals surface area contributed by atoms with Crippen molar-refractivity contribution in [2.45, 2.75) is 38.3 Å². The monoisotopic (exact) mass is 348 g/mol. The van der Waals surface area contributed by atoms with Crippen molar-refractivity contribution in [3.8, 4) is 6.07 Å². The molecule has 0 radical (unpaired) electrons. The van der Waals surface area contributed by atoms with Gasteiger partial charge in [-0.25, -0.2) is 4.79 Å². The smallest absolute Gasteiger partial charge is 0.338 e. The van der Waals surface area contributed by atoms with E-state index in [4.69, 9.17) is 10.00 Å². The van der Waals surface area contributed by atoms with Crippen LogP contribution in [0.2, 0.25) is 0 Å². The number of nitriles is 1. The van der Waals surface area contributed by atoms with Crippen molar-refractivity contribution in [3.05, 3.63) is 70.8 Å². The fourth-order valence-corrected chi connectivity index (χ4v) is 3.16. The Bertz CT molecular complexity index is 852. The highest BCUT2D eigenvalue weighted by Crippen LogP contribution is 2.29. The van der Waals surface area contributed by atoms with E-state index in [0.29, 0.717) is 11.1 Å². The molecule has 0 bridgehead atoms. The Kier molecular flexibility index (Phi) is 5.33. The van der Waals surface area contributed by atoms with Gasteiger partial charge in [-0.15, -0.1) is 0 Å². The summed E-state index contributed by atoms with van der Waals surface area (Å²) in [6, 6.07) is 16.1. The number of benzene rings is 2. The SMILES string of the molecule is CC(OC(=O)c1ccc(C#N)cc1)C(=O)NC1CCCc2ccccc21. The lowest BCUT2D eigenvalue weighted by molar-refractivity contribution is -0.130. The van der Waals surface area contributed by atoms with Crippen molar-refractivity contribution in [3.63, 3.8) is 0 Å². The molecule has 0 spiro atoms. The molecular weight excluding hydrogens is 328 g/mol. The molecule has 0 saturated heterocycles. The number of nitrogens with zero attached hydrogens (tertiary/aromatic N) is 1. The predicted molar refractivity (Wildman–Crippen MR) is 96.3 cm³/mol. The van der Waals surface area contributed by atoms with Gasteiger partial charge in [0.2, 0.25) is 0 Å². The summed E-state index contributed by atoms with van der Waals surface area (Å²) < 4.78 is 5.27. The van der Waals surface area contributed by atoms with Crippen LogP contribution in [0, 0.1) is 11.3 Å². The van der Waals surface area contributed by atoms with E-state index >= 15 is 0 Å². The highest BCUT2D eigenvalue weighted by molar-refractivity contribution is 5.92. The third-order valence-corrected chi connectivity index (χ3v) is 4.59. The third-order valence-electron chi connectivity index (χ3n) is 4.59. The summed E-state index contributed by atoms with van der Waals surface area (Å²) in [6.45, 7) is 1.56. The first-order valence-corrected chi connectivity index (χ1v) is 8.68. The number of ether oxygens (including phenoxy) is 1. The first kappa shape index (κ1) is 17.7. The summed E-state index contributed by atoms with van der Waals surface area (Å²) in [4.78, 5) is 24.6. The number of rotatable bonds is 4. The van der Waals surface area contributed by atoms with Gasteiger partial charge in [-0.05, 0) is 61.6 Å². The van der Waals surface area contributed by atoms with Gasteiger partial charge in [0.25, 0.3) is 5.91 Å². The van der Waals surface area contributed by atoms with Crippen molar-refractivity contribution in [2.75, 3.05) is 0 Å². The number of aryl methyl sites for hydroxylation is 1. The zero-order valence-corrected chi connectivity index (χ0v) is 14.6. The molecule has 0 aromatic heterocycles. The maximum absolute atomic E-state index is 12.5. The van der Waals surface area contributed by atoms with E-state index < -0.39 is 12.1 Å². The van der Waals surface area contributed by atoms with Crippen molar-refractivity contribution in [1.82, 2.24) is 5.32 Å². The average molecular weight is 348 g/mol. The molecule has 3 rings (SSSR count). The Morgan fingerprint density at radius 1 is 1.19 bits per heavy atom. The van der Waals surface area contributed by atoms with E-state index in [0.717, 1.165) is 24.8 Å². The molecule has 0 aliphatic heterocycles. The fourth-order valence-electron chi connectivity index (χ4n) is 3.16. The van der Waals surface area contributed by atoms with Gasteiger partial charge in [-0.2, -0.15) is 5.26 Å².